The first kappa shape index (κ1) is 19.6. The third-order valence-electron chi connectivity index (χ3n) is 9.19. The summed E-state index contributed by atoms with van der Waals surface area (Å²) in [6.45, 7) is 10.9. The van der Waals surface area contributed by atoms with E-state index >= 15 is 0 Å². The summed E-state index contributed by atoms with van der Waals surface area (Å²) in [5.41, 5.74) is 0.137. The number of hydrogen-bond donors (Lipinski definition) is 0. The van der Waals surface area contributed by atoms with Gasteiger partial charge in [0, 0.05) is 23.2 Å². The van der Waals surface area contributed by atoms with Crippen molar-refractivity contribution in [2.75, 3.05) is 13.2 Å². The van der Waals surface area contributed by atoms with Crippen molar-refractivity contribution in [1.29, 1.82) is 0 Å². The van der Waals surface area contributed by atoms with Gasteiger partial charge in [0.25, 0.3) is 0 Å². The van der Waals surface area contributed by atoms with Crippen LogP contribution in [0.25, 0.3) is 0 Å². The molecule has 7 atom stereocenters. The van der Waals surface area contributed by atoms with E-state index in [0.29, 0.717) is 36.7 Å². The van der Waals surface area contributed by atoms with E-state index in [-0.39, 0.29) is 29.0 Å². The van der Waals surface area contributed by atoms with E-state index in [1.165, 1.54) is 44.9 Å². The molecule has 5 aliphatic rings. The summed E-state index contributed by atoms with van der Waals surface area (Å²) in [6.07, 6.45) is 9.85. The van der Waals surface area contributed by atoms with Crippen LogP contribution in [0.5, 0.6) is 0 Å². The van der Waals surface area contributed by atoms with Crippen LogP contribution < -0.4 is 0 Å². The maximum atomic E-state index is 12.6. The third-order valence-corrected chi connectivity index (χ3v) is 10.2. The molecule has 4 nitrogen and oxygen atoms in total. The number of rotatable bonds is 3. The summed E-state index contributed by atoms with van der Waals surface area (Å²) < 4.78 is 19.4. The highest BCUT2D eigenvalue weighted by Crippen LogP contribution is 2.69. The average molecular weight is 407 g/mol. The van der Waals surface area contributed by atoms with Gasteiger partial charge < -0.3 is 13.9 Å². The zero-order valence-corrected chi connectivity index (χ0v) is 19.2. The van der Waals surface area contributed by atoms with Crippen LogP contribution >= 0.6 is 0 Å². The lowest BCUT2D eigenvalue weighted by molar-refractivity contribution is -0.248. The molecule has 158 valence electrons. The Labute approximate surface area is 171 Å². The van der Waals surface area contributed by atoms with Crippen molar-refractivity contribution in [1.82, 2.24) is 0 Å². The van der Waals surface area contributed by atoms with Gasteiger partial charge in [0.1, 0.15) is 0 Å². The molecule has 3 saturated carbocycles. The van der Waals surface area contributed by atoms with Gasteiger partial charge in [-0.15, -0.1) is 0 Å². The first-order valence-corrected chi connectivity index (χ1v) is 15.1. The highest BCUT2D eigenvalue weighted by molar-refractivity contribution is 6.69. The van der Waals surface area contributed by atoms with E-state index < -0.39 is 8.32 Å². The Kier molecular flexibility index (Phi) is 4.58. The van der Waals surface area contributed by atoms with E-state index in [4.69, 9.17) is 13.9 Å². The summed E-state index contributed by atoms with van der Waals surface area (Å²) in [5.74, 6) is 2.18. The highest BCUT2D eigenvalue weighted by atomic mass is 28.4. The Hall–Kier alpha value is -0.393. The summed E-state index contributed by atoms with van der Waals surface area (Å²) >= 11 is 0. The van der Waals surface area contributed by atoms with Gasteiger partial charge in [-0.3, -0.25) is 4.79 Å². The molecular formula is C23H38O4Si. The van der Waals surface area contributed by atoms with Crippen molar-refractivity contribution >= 4 is 14.3 Å². The fourth-order valence-electron chi connectivity index (χ4n) is 8.26. The van der Waals surface area contributed by atoms with Gasteiger partial charge in [-0.05, 0) is 63.1 Å². The van der Waals surface area contributed by atoms with Gasteiger partial charge >= 0.3 is 5.97 Å². The largest absolute Gasteiger partial charge is 0.465 e. The minimum atomic E-state index is -1.75. The first-order chi connectivity index (χ1) is 13.3. The molecule has 2 heterocycles. The molecule has 0 aromatic carbocycles. The molecule has 0 unspecified atom stereocenters. The molecule has 28 heavy (non-hydrogen) atoms. The monoisotopic (exact) mass is 406 g/mol. The van der Waals surface area contributed by atoms with Crippen LogP contribution in [0.3, 0.4) is 0 Å². The van der Waals surface area contributed by atoms with Crippen molar-refractivity contribution in [2.24, 2.45) is 34.5 Å². The van der Waals surface area contributed by atoms with Gasteiger partial charge in [-0.2, -0.15) is 0 Å². The van der Waals surface area contributed by atoms with E-state index in [9.17, 15) is 4.79 Å². The van der Waals surface area contributed by atoms with E-state index in [1.807, 2.05) is 0 Å². The van der Waals surface area contributed by atoms with Crippen LogP contribution in [0.1, 0.15) is 58.3 Å². The number of ether oxygens (including phenoxy) is 2. The van der Waals surface area contributed by atoms with Crippen molar-refractivity contribution < 1.29 is 18.7 Å². The van der Waals surface area contributed by atoms with Crippen molar-refractivity contribution in [2.45, 2.75) is 90.1 Å². The topological polar surface area (TPSA) is 44.8 Å². The lowest BCUT2D eigenvalue weighted by Crippen LogP contribution is -2.70. The number of esters is 1. The molecule has 5 heteroatoms. The third kappa shape index (κ3) is 2.71. The second kappa shape index (κ2) is 6.55. The molecule has 0 amide bonds. The lowest BCUT2D eigenvalue weighted by atomic mass is 9.41. The molecule has 5 rings (SSSR count). The number of cyclic esters (lactones) is 1. The Morgan fingerprint density at radius 3 is 2.57 bits per heavy atom. The zero-order chi connectivity index (χ0) is 19.7. The minimum absolute atomic E-state index is 0.0175. The maximum absolute atomic E-state index is 12.6. The Bertz CT molecular complexity index is 639. The molecule has 1 spiro atoms. The average Bonchev–Trinajstić information content (AvgIpc) is 3.30. The summed E-state index contributed by atoms with van der Waals surface area (Å²) in [5, 5.41) is 0. The molecule has 2 saturated heterocycles. The van der Waals surface area contributed by atoms with Gasteiger partial charge in [0.2, 0.25) is 0 Å². The van der Waals surface area contributed by atoms with Crippen LogP contribution in [-0.2, 0) is 18.7 Å². The van der Waals surface area contributed by atoms with Crippen LogP contribution in [0.4, 0.5) is 0 Å². The minimum Gasteiger partial charge on any atom is -0.465 e. The molecule has 5 fully saturated rings. The molecule has 3 aliphatic carbocycles. The van der Waals surface area contributed by atoms with Crippen molar-refractivity contribution in [3.63, 3.8) is 0 Å². The number of carbonyl (C=O) groups is 1. The summed E-state index contributed by atoms with van der Waals surface area (Å²) in [7, 11) is -1.75. The number of hydrogen-bond acceptors (Lipinski definition) is 4. The standard InChI is InChI=1S/C23H38O4Si/c1-22(16-9-5-6-10-16)17-12-18(24)26-14-23(17)11-7-8-15-13-25-20(19(15)23)21(22)27-28(2,3)4/h15-17,19-21H,5-14H2,1-4H3/t15-,17-,19+,20+,21+,22-,23-/m0/s1. The van der Waals surface area contributed by atoms with Gasteiger partial charge in [-0.1, -0.05) is 26.2 Å². The summed E-state index contributed by atoms with van der Waals surface area (Å²) in [6, 6.07) is 0. The van der Waals surface area contributed by atoms with Gasteiger partial charge in [-0.25, -0.2) is 0 Å². The molecule has 0 radical (unpaired) electrons. The Balaban J connectivity index is 1.65. The normalized spacial score (nSPS) is 48.9. The zero-order valence-electron chi connectivity index (χ0n) is 18.2. The molecule has 0 N–H and O–H groups in total. The first-order valence-electron chi connectivity index (χ1n) is 11.7. The Morgan fingerprint density at radius 2 is 1.86 bits per heavy atom. The molecule has 2 aliphatic heterocycles. The van der Waals surface area contributed by atoms with Gasteiger partial charge in [0.05, 0.1) is 25.4 Å². The predicted octanol–water partition coefficient (Wildman–Crippen LogP) is 4.78. The smallest absolute Gasteiger partial charge is 0.306 e. The number of carbonyl (C=O) groups excluding carboxylic acids is 1. The fraction of sp³-hybridized carbons (Fsp3) is 0.957. The fourth-order valence-corrected chi connectivity index (χ4v) is 9.41. The lowest BCUT2D eigenvalue weighted by Gasteiger charge is -2.66. The van der Waals surface area contributed by atoms with Crippen LogP contribution in [0.15, 0.2) is 0 Å². The maximum Gasteiger partial charge on any atom is 0.306 e. The Morgan fingerprint density at radius 1 is 1.11 bits per heavy atom. The van der Waals surface area contributed by atoms with Crippen LogP contribution in [-0.4, -0.2) is 39.7 Å². The van der Waals surface area contributed by atoms with Crippen molar-refractivity contribution in [3.8, 4) is 0 Å². The van der Waals surface area contributed by atoms with Crippen LogP contribution in [0, 0.1) is 34.5 Å². The predicted molar refractivity (Wildman–Crippen MR) is 110 cm³/mol. The molecule has 0 bridgehead atoms. The highest BCUT2D eigenvalue weighted by Gasteiger charge is 2.71. The van der Waals surface area contributed by atoms with E-state index in [0.717, 1.165) is 6.61 Å². The van der Waals surface area contributed by atoms with Gasteiger partial charge in [0.15, 0.2) is 8.32 Å². The molecule has 0 aromatic heterocycles. The van der Waals surface area contributed by atoms with E-state index in [2.05, 4.69) is 26.6 Å². The molecular weight excluding hydrogens is 368 g/mol. The SMILES string of the molecule is C[C@@]1(C2CCCC2)[C@H](O[Si](C)(C)C)[C@@H]2OC[C@@H]3CCC[C@@]4(COC(=O)C[C@H]41)[C@H]32. The summed E-state index contributed by atoms with van der Waals surface area (Å²) in [4.78, 5) is 12.6. The van der Waals surface area contributed by atoms with Crippen LogP contribution in [0.2, 0.25) is 19.6 Å². The van der Waals surface area contributed by atoms with Crippen molar-refractivity contribution in [3.05, 3.63) is 0 Å². The molecule has 0 aromatic rings. The second-order valence-electron chi connectivity index (χ2n) is 11.6. The quantitative estimate of drug-likeness (QED) is 0.500. The second-order valence-corrected chi connectivity index (χ2v) is 16.1. The van der Waals surface area contributed by atoms with E-state index in [1.54, 1.807) is 0 Å².